The van der Waals surface area contributed by atoms with Crippen molar-refractivity contribution in [2.24, 2.45) is 0 Å². The fraction of sp³-hybridized carbons (Fsp3) is 0.143. The fourth-order valence-electron chi connectivity index (χ4n) is 1.29. The molecular weight excluding hydrogens is 212 g/mol. The van der Waals surface area contributed by atoms with Crippen LogP contribution >= 0.6 is 0 Å². The predicted octanol–water partition coefficient (Wildman–Crippen LogP) is 2.45. The Bertz CT molecular complexity index is 399. The quantitative estimate of drug-likeness (QED) is 0.408. The van der Waals surface area contributed by atoms with E-state index in [0.29, 0.717) is 18.8 Å². The third kappa shape index (κ3) is 4.47. The molecule has 0 spiro atoms. The summed E-state index contributed by atoms with van der Waals surface area (Å²) < 4.78 is 0. The van der Waals surface area contributed by atoms with Gasteiger partial charge in [0.25, 0.3) is 0 Å². The Morgan fingerprint density at radius 3 is 2.53 bits per heavy atom. The first kappa shape index (κ1) is 12.9. The molecule has 17 heavy (non-hydrogen) atoms. The Morgan fingerprint density at radius 1 is 1.29 bits per heavy atom. The number of carbonyl (C=O) groups is 1. The molecule has 0 saturated carbocycles. The van der Waals surface area contributed by atoms with Crippen LogP contribution in [-0.4, -0.2) is 28.8 Å². The summed E-state index contributed by atoms with van der Waals surface area (Å²) in [4.78, 5) is 17.7. The second-order valence-corrected chi connectivity index (χ2v) is 3.43. The number of ketones is 1. The number of pyridine rings is 1. The molecule has 0 aliphatic rings. The summed E-state index contributed by atoms with van der Waals surface area (Å²) in [6.07, 6.45) is 8.40. The molecule has 0 fully saturated rings. The topological polar surface area (TPSA) is 33.2 Å². The summed E-state index contributed by atoms with van der Waals surface area (Å²) >= 11 is 0. The van der Waals surface area contributed by atoms with E-state index < -0.39 is 0 Å². The lowest BCUT2D eigenvalue weighted by Gasteiger charge is -2.15. The first-order valence-corrected chi connectivity index (χ1v) is 5.37. The van der Waals surface area contributed by atoms with Crippen molar-refractivity contribution in [2.75, 3.05) is 13.1 Å². The average Bonchev–Trinajstić information content (AvgIpc) is 2.37. The largest absolute Gasteiger partial charge is 0.370 e. The Morgan fingerprint density at radius 2 is 2.00 bits per heavy atom. The summed E-state index contributed by atoms with van der Waals surface area (Å²) in [7, 11) is 0. The number of hydrogen-bond acceptors (Lipinski definition) is 3. The third-order valence-electron chi connectivity index (χ3n) is 2.08. The van der Waals surface area contributed by atoms with Crippen LogP contribution in [0, 0.1) is 0 Å². The van der Waals surface area contributed by atoms with Gasteiger partial charge in [0.05, 0.1) is 0 Å². The Hall–Kier alpha value is -2.16. The molecule has 0 atom stereocenters. The van der Waals surface area contributed by atoms with E-state index in [2.05, 4.69) is 18.1 Å². The zero-order valence-corrected chi connectivity index (χ0v) is 9.75. The van der Waals surface area contributed by atoms with Gasteiger partial charge < -0.3 is 4.90 Å². The van der Waals surface area contributed by atoms with Gasteiger partial charge in [-0.05, 0) is 12.1 Å². The van der Waals surface area contributed by atoms with Gasteiger partial charge in [0.1, 0.15) is 5.69 Å². The Kier molecular flexibility index (Phi) is 5.44. The van der Waals surface area contributed by atoms with E-state index in [1.54, 1.807) is 42.7 Å². The highest BCUT2D eigenvalue weighted by atomic mass is 16.1. The minimum absolute atomic E-state index is 0.108. The SMILES string of the molecule is C=CCN(C=CC(=O)c1ccccn1)CC=C. The average molecular weight is 228 g/mol. The maximum Gasteiger partial charge on any atom is 0.205 e. The normalized spacial score (nSPS) is 10.1. The smallest absolute Gasteiger partial charge is 0.205 e. The van der Waals surface area contributed by atoms with Gasteiger partial charge in [-0.2, -0.15) is 0 Å². The molecule has 0 radical (unpaired) electrons. The van der Waals surface area contributed by atoms with Gasteiger partial charge in [-0.1, -0.05) is 18.2 Å². The molecule has 88 valence electrons. The van der Waals surface area contributed by atoms with Crippen molar-refractivity contribution in [3.63, 3.8) is 0 Å². The minimum atomic E-state index is -0.108. The molecule has 1 rings (SSSR count). The van der Waals surface area contributed by atoms with Crippen LogP contribution < -0.4 is 0 Å². The van der Waals surface area contributed by atoms with Gasteiger partial charge in [0, 0.05) is 31.6 Å². The maximum absolute atomic E-state index is 11.7. The van der Waals surface area contributed by atoms with Crippen LogP contribution in [-0.2, 0) is 0 Å². The van der Waals surface area contributed by atoms with Crippen molar-refractivity contribution in [3.05, 3.63) is 67.7 Å². The number of nitrogens with zero attached hydrogens (tertiary/aromatic N) is 2. The fourth-order valence-corrected chi connectivity index (χ4v) is 1.29. The van der Waals surface area contributed by atoms with Gasteiger partial charge in [-0.3, -0.25) is 9.78 Å². The molecule has 0 saturated heterocycles. The number of rotatable bonds is 7. The summed E-state index contributed by atoms with van der Waals surface area (Å²) in [5, 5.41) is 0. The van der Waals surface area contributed by atoms with Crippen LogP contribution in [0.4, 0.5) is 0 Å². The zero-order valence-electron chi connectivity index (χ0n) is 9.75. The summed E-state index contributed by atoms with van der Waals surface area (Å²) in [5.74, 6) is -0.108. The van der Waals surface area contributed by atoms with Gasteiger partial charge in [-0.15, -0.1) is 13.2 Å². The monoisotopic (exact) mass is 228 g/mol. The number of hydrogen-bond donors (Lipinski definition) is 0. The standard InChI is InChI=1S/C14H16N2O/c1-3-10-16(11-4-2)12-8-14(17)13-7-5-6-9-15-13/h3-9,12H,1-2,10-11H2. The van der Waals surface area contributed by atoms with Gasteiger partial charge in [0.15, 0.2) is 0 Å². The van der Waals surface area contributed by atoms with Crippen molar-refractivity contribution in [1.82, 2.24) is 9.88 Å². The molecule has 0 aromatic carbocycles. The number of aromatic nitrogens is 1. The molecule has 0 amide bonds. The van der Waals surface area contributed by atoms with Crippen molar-refractivity contribution in [2.45, 2.75) is 0 Å². The van der Waals surface area contributed by atoms with Crippen LogP contribution in [0.15, 0.2) is 62.0 Å². The Labute approximate surface area is 102 Å². The van der Waals surface area contributed by atoms with E-state index in [0.717, 1.165) is 0 Å². The van der Waals surface area contributed by atoms with Gasteiger partial charge >= 0.3 is 0 Å². The number of allylic oxidation sites excluding steroid dienone is 1. The summed E-state index contributed by atoms with van der Waals surface area (Å²) in [6.45, 7) is 8.68. The van der Waals surface area contributed by atoms with Crippen LogP contribution in [0.2, 0.25) is 0 Å². The molecule has 0 aliphatic carbocycles. The van der Waals surface area contributed by atoms with Crippen molar-refractivity contribution in [3.8, 4) is 0 Å². The van der Waals surface area contributed by atoms with Gasteiger partial charge in [-0.25, -0.2) is 0 Å². The number of carbonyl (C=O) groups excluding carboxylic acids is 1. The lowest BCUT2D eigenvalue weighted by Crippen LogP contribution is -2.17. The third-order valence-corrected chi connectivity index (χ3v) is 2.08. The van der Waals surface area contributed by atoms with Crippen molar-refractivity contribution < 1.29 is 4.79 Å². The molecule has 0 aliphatic heterocycles. The molecule has 0 bridgehead atoms. The van der Waals surface area contributed by atoms with E-state index in [4.69, 9.17) is 0 Å². The molecule has 0 N–H and O–H groups in total. The zero-order chi connectivity index (χ0) is 12.5. The summed E-state index contributed by atoms with van der Waals surface area (Å²) in [5.41, 5.74) is 0.445. The molecule has 1 heterocycles. The highest BCUT2D eigenvalue weighted by Crippen LogP contribution is 1.98. The summed E-state index contributed by atoms with van der Waals surface area (Å²) in [6, 6.07) is 5.26. The van der Waals surface area contributed by atoms with Crippen LogP contribution in [0.25, 0.3) is 0 Å². The molecule has 3 heteroatoms. The lowest BCUT2D eigenvalue weighted by atomic mass is 10.2. The minimum Gasteiger partial charge on any atom is -0.370 e. The molecule has 0 unspecified atom stereocenters. The van der Waals surface area contributed by atoms with Crippen molar-refractivity contribution in [1.29, 1.82) is 0 Å². The van der Waals surface area contributed by atoms with Crippen LogP contribution in [0.3, 0.4) is 0 Å². The van der Waals surface area contributed by atoms with Crippen molar-refractivity contribution >= 4 is 5.78 Å². The molecule has 3 nitrogen and oxygen atoms in total. The van der Waals surface area contributed by atoms with E-state index in [9.17, 15) is 4.79 Å². The highest BCUT2D eigenvalue weighted by molar-refractivity contribution is 6.02. The lowest BCUT2D eigenvalue weighted by molar-refractivity contribution is 0.104. The van der Waals surface area contributed by atoms with Gasteiger partial charge in [0.2, 0.25) is 5.78 Å². The second-order valence-electron chi connectivity index (χ2n) is 3.43. The highest BCUT2D eigenvalue weighted by Gasteiger charge is 2.02. The molecule has 1 aromatic heterocycles. The van der Waals surface area contributed by atoms with E-state index >= 15 is 0 Å². The van der Waals surface area contributed by atoms with E-state index in [-0.39, 0.29) is 5.78 Å². The Balaban J connectivity index is 2.65. The predicted molar refractivity (Wildman–Crippen MR) is 69.7 cm³/mol. The van der Waals surface area contributed by atoms with Crippen LogP contribution in [0.1, 0.15) is 10.5 Å². The molecular formula is C14H16N2O. The first-order chi connectivity index (χ1) is 8.27. The second kappa shape index (κ2) is 7.17. The maximum atomic E-state index is 11.7. The first-order valence-electron chi connectivity index (χ1n) is 5.37. The molecule has 1 aromatic rings. The van der Waals surface area contributed by atoms with Crippen LogP contribution in [0.5, 0.6) is 0 Å². The van der Waals surface area contributed by atoms with E-state index in [1.807, 2.05) is 4.90 Å². The van der Waals surface area contributed by atoms with E-state index in [1.165, 1.54) is 6.08 Å².